The van der Waals surface area contributed by atoms with Crippen LogP contribution in [0.2, 0.25) is 0 Å². The lowest BCUT2D eigenvalue weighted by Crippen LogP contribution is -2.15. The lowest BCUT2D eigenvalue weighted by Gasteiger charge is -2.20. The molecule has 0 saturated carbocycles. The molecule has 0 aromatic heterocycles. The number of anilines is 1. The fourth-order valence-corrected chi connectivity index (χ4v) is 2.55. The minimum Gasteiger partial charge on any atom is -0.378 e. The van der Waals surface area contributed by atoms with Crippen LogP contribution < -0.4 is 10.6 Å². The van der Waals surface area contributed by atoms with E-state index in [1.54, 1.807) is 0 Å². The molecular weight excluding hydrogens is 220 g/mol. The van der Waals surface area contributed by atoms with E-state index in [9.17, 15) is 0 Å². The number of rotatable bonds is 2. The van der Waals surface area contributed by atoms with Crippen LogP contribution in [0.1, 0.15) is 23.6 Å². The first-order chi connectivity index (χ1) is 8.93. The zero-order valence-electron chi connectivity index (χ0n) is 10.4. The maximum atomic E-state index is 3.64. The van der Waals surface area contributed by atoms with E-state index in [-0.39, 0.29) is 0 Å². The number of hydrogen-bond acceptors (Lipinski definition) is 2. The molecule has 2 aromatic carbocycles. The van der Waals surface area contributed by atoms with Crippen LogP contribution in [0.15, 0.2) is 54.6 Å². The fourth-order valence-electron chi connectivity index (χ4n) is 2.55. The molecule has 0 amide bonds. The van der Waals surface area contributed by atoms with Crippen LogP contribution in [-0.4, -0.2) is 6.54 Å². The molecule has 2 heteroatoms. The van der Waals surface area contributed by atoms with Crippen LogP contribution in [0.3, 0.4) is 0 Å². The summed E-state index contributed by atoms with van der Waals surface area (Å²) in [6.45, 7) is 2.03. The Morgan fingerprint density at radius 3 is 2.61 bits per heavy atom. The van der Waals surface area contributed by atoms with Crippen LogP contribution in [0, 0.1) is 0 Å². The van der Waals surface area contributed by atoms with Gasteiger partial charge in [0.05, 0.1) is 6.04 Å². The van der Waals surface area contributed by atoms with Crippen molar-refractivity contribution in [3.63, 3.8) is 0 Å². The normalized spacial score (nSPS) is 18.8. The zero-order chi connectivity index (χ0) is 12.2. The summed E-state index contributed by atoms with van der Waals surface area (Å²) in [5, 5.41) is 7.12. The number of hydrogen-bond donors (Lipinski definition) is 2. The average Bonchev–Trinajstić information content (AvgIpc) is 2.63. The fraction of sp³-hybridized carbons (Fsp3) is 0.250. The second-order valence-corrected chi connectivity index (χ2v) is 4.73. The standard InChI is InChI=1S/C16H18N2/c1-2-7-14(8-3-1)18-16-10-11-17-12-13-6-4-5-9-15(13)16/h1-9,16-18H,10-12H2. The van der Waals surface area contributed by atoms with Crippen LogP contribution >= 0.6 is 0 Å². The molecule has 2 nitrogen and oxygen atoms in total. The van der Waals surface area contributed by atoms with Gasteiger partial charge in [-0.3, -0.25) is 0 Å². The van der Waals surface area contributed by atoms with Gasteiger partial charge in [-0.1, -0.05) is 42.5 Å². The Kier molecular flexibility index (Phi) is 3.29. The Bertz CT molecular complexity index is 508. The first-order valence-electron chi connectivity index (χ1n) is 6.53. The van der Waals surface area contributed by atoms with Gasteiger partial charge in [-0.2, -0.15) is 0 Å². The summed E-state index contributed by atoms with van der Waals surface area (Å²) >= 11 is 0. The highest BCUT2D eigenvalue weighted by molar-refractivity contribution is 5.46. The van der Waals surface area contributed by atoms with Crippen molar-refractivity contribution in [2.24, 2.45) is 0 Å². The molecule has 1 atom stereocenters. The topological polar surface area (TPSA) is 24.1 Å². The van der Waals surface area contributed by atoms with E-state index in [0.29, 0.717) is 6.04 Å². The molecular formula is C16H18N2. The maximum Gasteiger partial charge on any atom is 0.0529 e. The second kappa shape index (κ2) is 5.23. The molecule has 18 heavy (non-hydrogen) atoms. The lowest BCUT2D eigenvalue weighted by atomic mass is 9.99. The largest absolute Gasteiger partial charge is 0.378 e. The Morgan fingerprint density at radius 1 is 0.944 bits per heavy atom. The van der Waals surface area contributed by atoms with Crippen LogP contribution in [0.5, 0.6) is 0 Å². The molecule has 0 spiro atoms. The van der Waals surface area contributed by atoms with E-state index in [1.165, 1.54) is 16.8 Å². The highest BCUT2D eigenvalue weighted by atomic mass is 14.9. The first-order valence-corrected chi connectivity index (χ1v) is 6.53. The molecule has 2 aromatic rings. The summed E-state index contributed by atoms with van der Waals surface area (Å²) in [5.74, 6) is 0. The number of benzene rings is 2. The van der Waals surface area contributed by atoms with Gasteiger partial charge in [-0.15, -0.1) is 0 Å². The quantitative estimate of drug-likeness (QED) is 0.838. The summed E-state index contributed by atoms with van der Waals surface area (Å²) in [4.78, 5) is 0. The molecule has 3 rings (SSSR count). The van der Waals surface area contributed by atoms with Gasteiger partial charge >= 0.3 is 0 Å². The highest BCUT2D eigenvalue weighted by Gasteiger charge is 2.17. The third-order valence-corrected chi connectivity index (χ3v) is 3.47. The molecule has 2 N–H and O–H groups in total. The molecule has 0 bridgehead atoms. The molecule has 92 valence electrons. The molecule has 1 heterocycles. The average molecular weight is 238 g/mol. The van der Waals surface area contributed by atoms with E-state index < -0.39 is 0 Å². The van der Waals surface area contributed by atoms with E-state index in [0.717, 1.165) is 19.5 Å². The number of fused-ring (bicyclic) bond motifs is 1. The maximum absolute atomic E-state index is 3.64. The van der Waals surface area contributed by atoms with Gasteiger partial charge in [0.15, 0.2) is 0 Å². The summed E-state index contributed by atoms with van der Waals surface area (Å²) in [5.41, 5.74) is 4.02. The van der Waals surface area contributed by atoms with Gasteiger partial charge in [0, 0.05) is 12.2 Å². The van der Waals surface area contributed by atoms with Gasteiger partial charge < -0.3 is 10.6 Å². The smallest absolute Gasteiger partial charge is 0.0529 e. The predicted octanol–water partition coefficient (Wildman–Crippen LogP) is 3.33. The van der Waals surface area contributed by atoms with Crippen molar-refractivity contribution in [2.45, 2.75) is 19.0 Å². The minimum atomic E-state index is 0.401. The molecule has 1 aliphatic rings. The molecule has 0 saturated heterocycles. The zero-order valence-corrected chi connectivity index (χ0v) is 10.4. The van der Waals surface area contributed by atoms with Crippen molar-refractivity contribution in [3.8, 4) is 0 Å². The van der Waals surface area contributed by atoms with Crippen LogP contribution in [0.25, 0.3) is 0 Å². The van der Waals surface area contributed by atoms with Crippen molar-refractivity contribution in [2.75, 3.05) is 11.9 Å². The minimum absolute atomic E-state index is 0.401. The van der Waals surface area contributed by atoms with E-state index in [4.69, 9.17) is 0 Å². The highest BCUT2D eigenvalue weighted by Crippen LogP contribution is 2.27. The van der Waals surface area contributed by atoms with Crippen molar-refractivity contribution in [1.82, 2.24) is 5.32 Å². The van der Waals surface area contributed by atoms with E-state index in [1.807, 2.05) is 6.07 Å². The second-order valence-electron chi connectivity index (χ2n) is 4.73. The van der Waals surface area contributed by atoms with Crippen molar-refractivity contribution in [3.05, 3.63) is 65.7 Å². The van der Waals surface area contributed by atoms with Crippen molar-refractivity contribution >= 4 is 5.69 Å². The SMILES string of the molecule is c1ccc(NC2CCNCc3ccccc32)cc1. The predicted molar refractivity (Wildman–Crippen MR) is 75.6 cm³/mol. The monoisotopic (exact) mass is 238 g/mol. The molecule has 0 fully saturated rings. The molecule has 1 unspecified atom stereocenters. The lowest BCUT2D eigenvalue weighted by molar-refractivity contribution is 0.637. The summed E-state index contributed by atoms with van der Waals surface area (Å²) in [6, 6.07) is 19.5. The molecule has 1 aliphatic heterocycles. The third kappa shape index (κ3) is 2.39. The Morgan fingerprint density at radius 2 is 1.72 bits per heavy atom. The van der Waals surface area contributed by atoms with Gasteiger partial charge in [0.2, 0.25) is 0 Å². The Labute approximate surface area is 108 Å². The number of para-hydroxylation sites is 1. The van der Waals surface area contributed by atoms with Crippen LogP contribution in [0.4, 0.5) is 5.69 Å². The third-order valence-electron chi connectivity index (χ3n) is 3.47. The molecule has 0 aliphatic carbocycles. The summed E-state index contributed by atoms with van der Waals surface area (Å²) in [6.07, 6.45) is 1.12. The number of nitrogens with one attached hydrogen (secondary N) is 2. The van der Waals surface area contributed by atoms with Crippen molar-refractivity contribution in [1.29, 1.82) is 0 Å². The van der Waals surface area contributed by atoms with Crippen LogP contribution in [-0.2, 0) is 6.54 Å². The first kappa shape index (κ1) is 11.3. The van der Waals surface area contributed by atoms with E-state index >= 15 is 0 Å². The van der Waals surface area contributed by atoms with Gasteiger partial charge in [-0.25, -0.2) is 0 Å². The van der Waals surface area contributed by atoms with Crippen molar-refractivity contribution < 1.29 is 0 Å². The van der Waals surface area contributed by atoms with Gasteiger partial charge in [0.25, 0.3) is 0 Å². The Balaban J connectivity index is 1.88. The summed E-state index contributed by atoms with van der Waals surface area (Å²) in [7, 11) is 0. The van der Waals surface area contributed by atoms with Gasteiger partial charge in [-0.05, 0) is 36.2 Å². The Hall–Kier alpha value is -1.80. The van der Waals surface area contributed by atoms with E-state index in [2.05, 4.69) is 59.2 Å². The molecule has 0 radical (unpaired) electrons. The summed E-state index contributed by atoms with van der Waals surface area (Å²) < 4.78 is 0. The van der Waals surface area contributed by atoms with Gasteiger partial charge in [0.1, 0.15) is 0 Å².